The zero-order valence-electron chi connectivity index (χ0n) is 46.4. The lowest BCUT2D eigenvalue weighted by atomic mass is 9.84. The normalized spacial score (nSPS) is 24.4. The van der Waals surface area contributed by atoms with Crippen LogP contribution in [0.4, 0.5) is 5.69 Å². The average Bonchev–Trinajstić information content (AvgIpc) is 4.06. The van der Waals surface area contributed by atoms with Gasteiger partial charge in [0.15, 0.2) is 0 Å². The predicted molar refractivity (Wildman–Crippen MR) is 297 cm³/mol. The number of phenolic OH excluding ortho intramolecular Hbond substituents is 1. The maximum atomic E-state index is 15.2. The molecule has 410 valence electrons. The van der Waals surface area contributed by atoms with E-state index in [4.69, 9.17) is 19.2 Å². The number of ether oxygens (including phenoxy) is 3. The van der Waals surface area contributed by atoms with E-state index in [2.05, 4.69) is 77.2 Å². The van der Waals surface area contributed by atoms with Gasteiger partial charge in [-0.05, 0) is 123 Å². The van der Waals surface area contributed by atoms with E-state index >= 15 is 9.59 Å². The van der Waals surface area contributed by atoms with Gasteiger partial charge in [-0.25, -0.2) is 10.4 Å². The van der Waals surface area contributed by atoms with Gasteiger partial charge >= 0.3 is 5.97 Å². The molecule has 3 amide bonds. The lowest BCUT2D eigenvalue weighted by Gasteiger charge is -2.37. The topological polar surface area (TPSA) is 171 Å². The zero-order chi connectivity index (χ0) is 54.4. The van der Waals surface area contributed by atoms with Crippen LogP contribution in [0.1, 0.15) is 90.3 Å². The van der Waals surface area contributed by atoms with E-state index in [1.54, 1.807) is 19.2 Å². The number of benzene rings is 3. The molecule has 6 bridgehead atoms. The number of esters is 1. The third-order valence-electron chi connectivity index (χ3n) is 16.8. The molecule has 1 saturated carbocycles. The van der Waals surface area contributed by atoms with E-state index in [1.807, 2.05) is 70.3 Å². The van der Waals surface area contributed by atoms with Crippen molar-refractivity contribution in [1.82, 2.24) is 35.1 Å². The first-order valence-corrected chi connectivity index (χ1v) is 28.0. The van der Waals surface area contributed by atoms with Crippen molar-refractivity contribution in [1.29, 1.82) is 0 Å². The van der Waals surface area contributed by atoms with E-state index in [9.17, 15) is 14.7 Å². The highest BCUT2D eigenvalue weighted by molar-refractivity contribution is 5.97. The molecule has 5 aliphatic rings. The van der Waals surface area contributed by atoms with E-state index in [-0.39, 0.29) is 54.5 Å². The van der Waals surface area contributed by atoms with Crippen LogP contribution in [-0.4, -0.2) is 144 Å². The third-order valence-corrected chi connectivity index (χ3v) is 16.8. The molecular weight excluding hydrogens is 973 g/mol. The summed E-state index contributed by atoms with van der Waals surface area (Å²) in [5.41, 5.74) is 10.9. The standard InChI is InChI=1S/C61H78N8O8/c1-10-37(5)53(66(9)59(73)55-45(19-24-75-55)39-15-13-12-14-16-39)56(71)63-50-27-38-25-41(28-44(70)26-38)40-17-18-51-47(29-40)49(32-61(6,7)35-76-60(74)52-46-30-42(46)34-69(64-52)58(50)72)54(68(51)11-2)48-31-43(33-62-57(48)77-36(3)4)67-22-20-65(8)21-23-67/h12-18,25-26,28-29,31,33,36-37,42,45-46,50,52-53,55,64,70H,10-11,19-24,27,30,32,34-35H2,1-9H3,(H,63,71)/t37-,42?,45+,46-,50-,52-,53-,55+/m0/s1. The number of piperazine rings is 1. The first kappa shape index (κ1) is 53.9. The van der Waals surface area contributed by atoms with Gasteiger partial charge < -0.3 is 43.9 Å². The number of aromatic hydroxyl groups is 1. The maximum absolute atomic E-state index is 15.2. The monoisotopic (exact) mass is 1050 g/mol. The van der Waals surface area contributed by atoms with E-state index in [1.165, 1.54) is 9.91 Å². The molecule has 1 unspecified atom stereocenters. The molecule has 6 heterocycles. The Labute approximate surface area is 453 Å². The molecule has 16 nitrogen and oxygen atoms in total. The van der Waals surface area contributed by atoms with Crippen molar-refractivity contribution < 1.29 is 38.5 Å². The lowest BCUT2D eigenvalue weighted by molar-refractivity contribution is -0.156. The highest BCUT2D eigenvalue weighted by Gasteiger charge is 2.53. The maximum Gasteiger partial charge on any atom is 0.325 e. The summed E-state index contributed by atoms with van der Waals surface area (Å²) in [6, 6.07) is 20.9. The zero-order valence-corrected chi connectivity index (χ0v) is 46.4. The molecule has 5 aromatic rings. The second-order valence-corrected chi connectivity index (χ2v) is 23.5. The number of rotatable bonds is 12. The number of anilines is 1. The molecule has 77 heavy (non-hydrogen) atoms. The number of aryl methyl sites for hydroxylation is 1. The van der Waals surface area contributed by atoms with Gasteiger partial charge in [-0.3, -0.25) is 24.2 Å². The molecule has 2 aromatic heterocycles. The van der Waals surface area contributed by atoms with Gasteiger partial charge in [0.05, 0.1) is 35.9 Å². The molecule has 3 N–H and O–H groups in total. The molecule has 3 saturated heterocycles. The molecular formula is C61H78N8O8. The Balaban J connectivity index is 1.06. The molecule has 10 rings (SSSR count). The quantitative estimate of drug-likeness (QED) is 0.105. The second-order valence-electron chi connectivity index (χ2n) is 23.5. The largest absolute Gasteiger partial charge is 0.508 e. The van der Waals surface area contributed by atoms with Crippen molar-refractivity contribution >= 4 is 40.3 Å². The Morgan fingerprint density at radius 2 is 1.75 bits per heavy atom. The van der Waals surface area contributed by atoms with E-state index in [0.717, 1.165) is 82.7 Å². The van der Waals surface area contributed by atoms with Gasteiger partial charge in [-0.15, -0.1) is 0 Å². The molecule has 8 atom stereocenters. The van der Waals surface area contributed by atoms with E-state index in [0.29, 0.717) is 50.4 Å². The van der Waals surface area contributed by atoms with Gasteiger partial charge in [-0.1, -0.05) is 76.6 Å². The van der Waals surface area contributed by atoms with Gasteiger partial charge in [0.1, 0.15) is 30.0 Å². The van der Waals surface area contributed by atoms with Crippen LogP contribution in [-0.2, 0) is 48.0 Å². The minimum atomic E-state index is -1.16. The predicted octanol–water partition coefficient (Wildman–Crippen LogP) is 7.58. The summed E-state index contributed by atoms with van der Waals surface area (Å²) in [6.07, 6.45) is 3.55. The highest BCUT2D eigenvalue weighted by Crippen LogP contribution is 2.47. The van der Waals surface area contributed by atoms with Crippen LogP contribution in [0.15, 0.2) is 79.0 Å². The molecule has 16 heteroatoms. The van der Waals surface area contributed by atoms with Crippen molar-refractivity contribution in [3.05, 3.63) is 95.7 Å². The van der Waals surface area contributed by atoms with Crippen LogP contribution >= 0.6 is 0 Å². The SMILES string of the molecule is CC[C@H](C)[C@@H](C(=O)N[C@H]1Cc2cc(O)cc(c2)-c2ccc3c(c2)c(c(-c2cc(N4CCN(C)CC4)cnc2OC(C)C)n3CC)CC(C)(C)COC(=O)[C@H]2NN(CC3C[C@@H]32)C1=O)N(C)C(=O)[C@@H]1OCC[C@@H]1c1ccccc1. The van der Waals surface area contributed by atoms with Crippen LogP contribution in [0.2, 0.25) is 0 Å². The lowest BCUT2D eigenvalue weighted by Crippen LogP contribution is -2.63. The number of nitrogens with one attached hydrogen (secondary N) is 2. The fourth-order valence-corrected chi connectivity index (χ4v) is 12.4. The first-order valence-electron chi connectivity index (χ1n) is 28.0. The van der Waals surface area contributed by atoms with Crippen LogP contribution in [0, 0.1) is 23.2 Å². The Hall–Kier alpha value is -6.49. The molecule has 4 aliphatic heterocycles. The fraction of sp³-hybridized carbons (Fsp3) is 0.525. The molecule has 0 spiro atoms. The number of aromatic nitrogens is 2. The first-order chi connectivity index (χ1) is 36.9. The number of hydrogen-bond acceptors (Lipinski definition) is 12. The number of hydrazine groups is 1. The van der Waals surface area contributed by atoms with Gasteiger partial charge in [-0.2, -0.15) is 0 Å². The number of fused-ring (bicyclic) bond motifs is 8. The van der Waals surface area contributed by atoms with Crippen molar-refractivity contribution in [3.8, 4) is 34.0 Å². The number of nitrogens with zero attached hydrogens (tertiary/aromatic N) is 6. The number of cyclic esters (lactones) is 1. The highest BCUT2D eigenvalue weighted by atomic mass is 16.5. The van der Waals surface area contributed by atoms with Crippen molar-refractivity contribution in [2.24, 2.45) is 23.2 Å². The van der Waals surface area contributed by atoms with Gasteiger partial charge in [0.25, 0.3) is 11.8 Å². The Kier molecular flexibility index (Phi) is 15.5. The molecule has 0 radical (unpaired) electrons. The Morgan fingerprint density at radius 1 is 0.987 bits per heavy atom. The van der Waals surface area contributed by atoms with Crippen molar-refractivity contribution in [2.45, 2.75) is 123 Å². The average molecular weight is 1050 g/mol. The minimum Gasteiger partial charge on any atom is -0.508 e. The van der Waals surface area contributed by atoms with Crippen LogP contribution in [0.5, 0.6) is 11.6 Å². The molecule has 1 aliphatic carbocycles. The van der Waals surface area contributed by atoms with Crippen molar-refractivity contribution in [2.75, 3.05) is 64.9 Å². The molecule has 4 fully saturated rings. The van der Waals surface area contributed by atoms with Gasteiger partial charge in [0, 0.05) is 81.6 Å². The smallest absolute Gasteiger partial charge is 0.325 e. The third kappa shape index (κ3) is 11.2. The number of pyridine rings is 1. The molecule has 3 aromatic carbocycles. The number of phenols is 1. The Morgan fingerprint density at radius 3 is 2.48 bits per heavy atom. The van der Waals surface area contributed by atoms with Gasteiger partial charge in [0.2, 0.25) is 11.8 Å². The summed E-state index contributed by atoms with van der Waals surface area (Å²) >= 11 is 0. The van der Waals surface area contributed by atoms with Crippen LogP contribution in [0.3, 0.4) is 0 Å². The number of carbonyl (C=O) groups is 4. The van der Waals surface area contributed by atoms with E-state index < -0.39 is 47.4 Å². The summed E-state index contributed by atoms with van der Waals surface area (Å²) < 4.78 is 21.3. The summed E-state index contributed by atoms with van der Waals surface area (Å²) in [5, 5.41) is 17.2. The number of carbonyl (C=O) groups excluding carboxylic acids is 4. The fourth-order valence-electron chi connectivity index (χ4n) is 12.4. The summed E-state index contributed by atoms with van der Waals surface area (Å²) in [7, 11) is 3.80. The van der Waals surface area contributed by atoms with Crippen molar-refractivity contribution in [3.63, 3.8) is 0 Å². The Bertz CT molecular complexity index is 3000. The van der Waals surface area contributed by atoms with Crippen LogP contribution in [0.25, 0.3) is 33.3 Å². The summed E-state index contributed by atoms with van der Waals surface area (Å²) in [4.78, 5) is 70.4. The minimum absolute atomic E-state index is 0.00653. The number of likely N-dealkylation sites (N-methyl/N-ethyl adjacent to an activating group) is 2. The number of amides is 3. The van der Waals surface area contributed by atoms with Crippen LogP contribution < -0.4 is 20.4 Å². The summed E-state index contributed by atoms with van der Waals surface area (Å²) in [5.74, 6) is -1.50. The number of hydrogen-bond donors (Lipinski definition) is 3. The second kappa shape index (κ2) is 22.1. The summed E-state index contributed by atoms with van der Waals surface area (Å²) in [6.45, 7) is 19.5.